The molecule has 1 aromatic carbocycles. The average molecular weight is 441 g/mol. The van der Waals surface area contributed by atoms with Crippen LogP contribution in [0.5, 0.6) is 11.5 Å². The molecule has 1 heterocycles. The van der Waals surface area contributed by atoms with E-state index in [-0.39, 0.29) is 18.1 Å². The Morgan fingerprint density at radius 3 is 2.50 bits per heavy atom. The molecule has 5 N–H and O–H groups in total. The summed E-state index contributed by atoms with van der Waals surface area (Å²) in [6, 6.07) is 3.67. The number of nitrogens with two attached hydrogens (primary N) is 1. The molecular formula is C19H28N4O6S. The van der Waals surface area contributed by atoms with Crippen molar-refractivity contribution in [3.8, 4) is 11.5 Å². The highest BCUT2D eigenvalue weighted by Gasteiger charge is 2.37. The highest BCUT2D eigenvalue weighted by atomic mass is 32.2. The fourth-order valence-corrected chi connectivity index (χ4v) is 3.96. The lowest BCUT2D eigenvalue weighted by molar-refractivity contribution is -0.142. The van der Waals surface area contributed by atoms with Crippen molar-refractivity contribution < 1.29 is 28.6 Å². The van der Waals surface area contributed by atoms with Gasteiger partial charge in [0.05, 0.1) is 27.0 Å². The van der Waals surface area contributed by atoms with Crippen LogP contribution < -0.4 is 31.2 Å². The van der Waals surface area contributed by atoms with Gasteiger partial charge in [-0.05, 0) is 31.5 Å². The van der Waals surface area contributed by atoms with Crippen molar-refractivity contribution in [1.82, 2.24) is 16.0 Å². The Hall–Kier alpha value is -2.50. The molecule has 1 aliphatic rings. The zero-order valence-electron chi connectivity index (χ0n) is 17.4. The van der Waals surface area contributed by atoms with Gasteiger partial charge in [0.2, 0.25) is 5.91 Å². The number of rotatable bonds is 9. The van der Waals surface area contributed by atoms with Crippen LogP contribution >= 0.6 is 11.8 Å². The smallest absolute Gasteiger partial charge is 0.319 e. The van der Waals surface area contributed by atoms with Gasteiger partial charge in [0.1, 0.15) is 16.8 Å². The number of esters is 1. The molecule has 4 unspecified atom stereocenters. The lowest BCUT2D eigenvalue weighted by atomic mass is 10.1. The normalized spacial score (nSPS) is 21.9. The van der Waals surface area contributed by atoms with Gasteiger partial charge in [-0.15, -0.1) is 11.8 Å². The fraction of sp³-hybridized carbons (Fsp3) is 0.526. The molecule has 2 amide bonds. The van der Waals surface area contributed by atoms with Gasteiger partial charge in [-0.3, -0.25) is 19.7 Å². The van der Waals surface area contributed by atoms with E-state index in [1.54, 1.807) is 19.1 Å². The van der Waals surface area contributed by atoms with E-state index in [0.717, 1.165) is 0 Å². The van der Waals surface area contributed by atoms with E-state index in [1.807, 2.05) is 6.92 Å². The molecule has 11 heteroatoms. The molecule has 0 saturated carbocycles. The van der Waals surface area contributed by atoms with Crippen LogP contribution in [0, 0.1) is 0 Å². The monoisotopic (exact) mass is 440 g/mol. The summed E-state index contributed by atoms with van der Waals surface area (Å²) in [5, 5.41) is 7.89. The third kappa shape index (κ3) is 5.77. The van der Waals surface area contributed by atoms with E-state index in [2.05, 4.69) is 16.0 Å². The minimum Gasteiger partial charge on any atom is -0.493 e. The first-order valence-corrected chi connectivity index (χ1v) is 10.5. The van der Waals surface area contributed by atoms with Gasteiger partial charge < -0.3 is 30.6 Å². The fourth-order valence-electron chi connectivity index (χ4n) is 2.84. The maximum atomic E-state index is 12.6. The largest absolute Gasteiger partial charge is 0.493 e. The molecule has 0 aliphatic carbocycles. The summed E-state index contributed by atoms with van der Waals surface area (Å²) in [5.74, 6) is -0.418. The van der Waals surface area contributed by atoms with E-state index in [0.29, 0.717) is 17.9 Å². The first-order valence-electron chi connectivity index (χ1n) is 9.51. The van der Waals surface area contributed by atoms with Gasteiger partial charge >= 0.3 is 5.97 Å². The molecule has 2 rings (SSSR count). The molecule has 30 heavy (non-hydrogen) atoms. The molecule has 4 atom stereocenters. The van der Waals surface area contributed by atoms with Gasteiger partial charge in [-0.25, -0.2) is 0 Å². The van der Waals surface area contributed by atoms with Crippen molar-refractivity contribution >= 4 is 29.5 Å². The van der Waals surface area contributed by atoms with E-state index in [4.69, 9.17) is 19.9 Å². The predicted octanol–water partition coefficient (Wildman–Crippen LogP) is 0.165. The van der Waals surface area contributed by atoms with Crippen LogP contribution in [0.15, 0.2) is 18.2 Å². The summed E-state index contributed by atoms with van der Waals surface area (Å²) in [4.78, 5) is 37.1. The molecule has 166 valence electrons. The third-order valence-corrected chi connectivity index (χ3v) is 5.79. The minimum atomic E-state index is -0.995. The standard InChI is InChI=1S/C19H28N4O6S/c1-5-13(18(26)29-6-2)30-19-22-15(20)14(17(25)23-19)21-16(24)10-7-8-11(27-3)12(9-10)28-4/h7-9,13-15,19,22H,5-6,20H2,1-4H3,(H,21,24)(H,23,25). The van der Waals surface area contributed by atoms with Crippen LogP contribution in [0.4, 0.5) is 0 Å². The second-order valence-electron chi connectivity index (χ2n) is 6.39. The number of amides is 2. The number of ether oxygens (including phenoxy) is 3. The number of benzene rings is 1. The van der Waals surface area contributed by atoms with Gasteiger partial charge in [-0.1, -0.05) is 6.92 Å². The Labute approximate surface area is 179 Å². The van der Waals surface area contributed by atoms with Gasteiger partial charge in [0, 0.05) is 5.56 Å². The molecule has 0 bridgehead atoms. The molecular weight excluding hydrogens is 412 g/mol. The van der Waals surface area contributed by atoms with Crippen molar-refractivity contribution in [2.45, 2.75) is 43.2 Å². The van der Waals surface area contributed by atoms with E-state index in [1.165, 1.54) is 32.0 Å². The van der Waals surface area contributed by atoms with Crippen molar-refractivity contribution in [2.75, 3.05) is 20.8 Å². The van der Waals surface area contributed by atoms with Crippen LogP contribution in [0.2, 0.25) is 0 Å². The highest BCUT2D eigenvalue weighted by Crippen LogP contribution is 2.27. The van der Waals surface area contributed by atoms with Gasteiger partial charge in [-0.2, -0.15) is 0 Å². The van der Waals surface area contributed by atoms with Crippen LogP contribution in [0.3, 0.4) is 0 Å². The molecule has 1 aromatic rings. The van der Waals surface area contributed by atoms with Crippen LogP contribution in [-0.4, -0.2) is 61.6 Å². The Balaban J connectivity index is 2.01. The maximum absolute atomic E-state index is 12.6. The lowest BCUT2D eigenvalue weighted by Gasteiger charge is -2.36. The third-order valence-electron chi connectivity index (χ3n) is 4.41. The first kappa shape index (κ1) is 23.8. The van der Waals surface area contributed by atoms with Crippen molar-refractivity contribution in [3.05, 3.63) is 23.8 Å². The number of thioether (sulfide) groups is 1. The molecule has 0 spiro atoms. The Bertz CT molecular complexity index is 777. The van der Waals surface area contributed by atoms with Crippen LogP contribution in [-0.2, 0) is 14.3 Å². The summed E-state index contributed by atoms with van der Waals surface area (Å²) >= 11 is 1.21. The first-order chi connectivity index (χ1) is 14.3. The zero-order valence-corrected chi connectivity index (χ0v) is 18.2. The molecule has 1 aliphatic heterocycles. The summed E-state index contributed by atoms with van der Waals surface area (Å²) in [7, 11) is 2.96. The molecule has 0 radical (unpaired) electrons. The van der Waals surface area contributed by atoms with E-state index < -0.39 is 34.8 Å². The van der Waals surface area contributed by atoms with Crippen LogP contribution in [0.25, 0.3) is 0 Å². The lowest BCUT2D eigenvalue weighted by Crippen LogP contribution is -2.70. The predicted molar refractivity (Wildman–Crippen MR) is 112 cm³/mol. The van der Waals surface area contributed by atoms with Crippen molar-refractivity contribution in [1.29, 1.82) is 0 Å². The van der Waals surface area contributed by atoms with E-state index in [9.17, 15) is 14.4 Å². The van der Waals surface area contributed by atoms with Crippen LogP contribution in [0.1, 0.15) is 30.6 Å². The summed E-state index contributed by atoms with van der Waals surface area (Å²) in [5.41, 5.74) is 5.78. The molecule has 10 nitrogen and oxygen atoms in total. The summed E-state index contributed by atoms with van der Waals surface area (Å²) in [6.07, 6.45) is -0.313. The summed E-state index contributed by atoms with van der Waals surface area (Å²) < 4.78 is 15.4. The Kier molecular flexibility index (Phi) is 8.75. The number of carbonyl (C=O) groups excluding carboxylic acids is 3. The average Bonchev–Trinajstić information content (AvgIpc) is 2.73. The number of nitrogens with one attached hydrogen (secondary N) is 3. The second-order valence-corrected chi connectivity index (χ2v) is 7.70. The topological polar surface area (TPSA) is 141 Å². The van der Waals surface area contributed by atoms with Crippen molar-refractivity contribution in [3.63, 3.8) is 0 Å². The SMILES string of the molecule is CCOC(=O)C(CC)SC1NC(=O)C(NC(=O)c2ccc(OC)c(OC)c2)C(N)N1. The highest BCUT2D eigenvalue weighted by molar-refractivity contribution is 8.01. The zero-order chi connectivity index (χ0) is 22.3. The van der Waals surface area contributed by atoms with Crippen molar-refractivity contribution in [2.24, 2.45) is 5.73 Å². The maximum Gasteiger partial charge on any atom is 0.319 e. The Morgan fingerprint density at radius 1 is 1.23 bits per heavy atom. The minimum absolute atomic E-state index is 0.282. The quantitative estimate of drug-likeness (QED) is 0.395. The van der Waals surface area contributed by atoms with Gasteiger partial charge in [0.15, 0.2) is 11.5 Å². The number of hydrogen-bond acceptors (Lipinski definition) is 9. The number of methoxy groups -OCH3 is 2. The summed E-state index contributed by atoms with van der Waals surface area (Å²) in [6.45, 7) is 3.87. The second kappa shape index (κ2) is 11.0. The van der Waals surface area contributed by atoms with Gasteiger partial charge in [0.25, 0.3) is 5.91 Å². The number of hydrogen-bond donors (Lipinski definition) is 4. The molecule has 1 fully saturated rings. The Morgan fingerprint density at radius 2 is 1.93 bits per heavy atom. The number of carbonyl (C=O) groups is 3. The van der Waals surface area contributed by atoms with E-state index >= 15 is 0 Å². The molecule has 0 aromatic heterocycles. The molecule has 1 saturated heterocycles.